The van der Waals surface area contributed by atoms with E-state index in [1.165, 1.54) is 12.1 Å². The molecule has 0 aliphatic heterocycles. The van der Waals surface area contributed by atoms with Crippen LogP contribution in [0.15, 0.2) is 36.5 Å². The predicted molar refractivity (Wildman–Crippen MR) is 61.1 cm³/mol. The van der Waals surface area contributed by atoms with E-state index >= 15 is 0 Å². The first-order chi connectivity index (χ1) is 7.81. The number of rotatable bonds is 3. The number of aryl methyl sites for hydroxylation is 1. The Morgan fingerprint density at radius 2 is 2.00 bits per heavy atom. The van der Waals surface area contributed by atoms with Crippen molar-refractivity contribution in [1.29, 1.82) is 0 Å². The summed E-state index contributed by atoms with van der Waals surface area (Å²) in [6.45, 7) is 0.677. The van der Waals surface area contributed by atoms with E-state index in [1.807, 2.05) is 10.7 Å². The van der Waals surface area contributed by atoms with Crippen LogP contribution in [0, 0.1) is 18.2 Å². The molecular formula is C13H11FN2. The monoisotopic (exact) mass is 214 g/mol. The van der Waals surface area contributed by atoms with E-state index < -0.39 is 0 Å². The molecule has 2 rings (SSSR count). The highest BCUT2D eigenvalue weighted by molar-refractivity contribution is 5.58. The summed E-state index contributed by atoms with van der Waals surface area (Å²) < 4.78 is 14.6. The standard InChI is InChI=1S/C13H11FN2/c1-2-3-10-16-13(8-9-15-16)11-4-6-12(14)7-5-11/h1,4-9H,3,10H2. The molecule has 0 aliphatic rings. The van der Waals surface area contributed by atoms with Gasteiger partial charge < -0.3 is 0 Å². The van der Waals surface area contributed by atoms with Gasteiger partial charge in [0.15, 0.2) is 0 Å². The Bertz CT molecular complexity index is 505. The van der Waals surface area contributed by atoms with Crippen LogP contribution in [0.1, 0.15) is 6.42 Å². The summed E-state index contributed by atoms with van der Waals surface area (Å²) in [6, 6.07) is 8.24. The Kier molecular flexibility index (Phi) is 3.02. The van der Waals surface area contributed by atoms with E-state index in [0.717, 1.165) is 11.3 Å². The second-order valence-electron chi connectivity index (χ2n) is 3.40. The summed E-state index contributed by atoms with van der Waals surface area (Å²) in [7, 11) is 0. The molecule has 0 radical (unpaired) electrons. The molecule has 0 fully saturated rings. The Morgan fingerprint density at radius 1 is 1.25 bits per heavy atom. The van der Waals surface area contributed by atoms with Crippen molar-refractivity contribution in [3.8, 4) is 23.6 Å². The highest BCUT2D eigenvalue weighted by atomic mass is 19.1. The summed E-state index contributed by atoms with van der Waals surface area (Å²) in [5.74, 6) is 2.34. The summed E-state index contributed by atoms with van der Waals surface area (Å²) in [5.41, 5.74) is 1.89. The third-order valence-corrected chi connectivity index (χ3v) is 2.32. The van der Waals surface area contributed by atoms with Crippen molar-refractivity contribution in [3.05, 3.63) is 42.3 Å². The Morgan fingerprint density at radius 3 is 2.69 bits per heavy atom. The van der Waals surface area contributed by atoms with Crippen molar-refractivity contribution in [3.63, 3.8) is 0 Å². The molecule has 16 heavy (non-hydrogen) atoms. The smallest absolute Gasteiger partial charge is 0.123 e. The van der Waals surface area contributed by atoms with E-state index in [0.29, 0.717) is 13.0 Å². The lowest BCUT2D eigenvalue weighted by molar-refractivity contribution is 0.626. The van der Waals surface area contributed by atoms with Gasteiger partial charge in [0.25, 0.3) is 0 Å². The largest absolute Gasteiger partial charge is 0.264 e. The lowest BCUT2D eigenvalue weighted by Gasteiger charge is -2.05. The van der Waals surface area contributed by atoms with Crippen LogP contribution in [0.2, 0.25) is 0 Å². The molecule has 3 heteroatoms. The van der Waals surface area contributed by atoms with Crippen molar-refractivity contribution < 1.29 is 4.39 Å². The van der Waals surface area contributed by atoms with Crippen molar-refractivity contribution >= 4 is 0 Å². The minimum atomic E-state index is -0.238. The molecule has 0 saturated heterocycles. The van der Waals surface area contributed by atoms with Gasteiger partial charge in [0.2, 0.25) is 0 Å². The van der Waals surface area contributed by atoms with Crippen LogP contribution in [-0.2, 0) is 6.54 Å². The average molecular weight is 214 g/mol. The maximum atomic E-state index is 12.8. The molecule has 80 valence electrons. The maximum Gasteiger partial charge on any atom is 0.123 e. The molecule has 0 unspecified atom stereocenters. The van der Waals surface area contributed by atoms with Gasteiger partial charge in [0, 0.05) is 12.6 Å². The normalized spacial score (nSPS) is 10.0. The minimum Gasteiger partial charge on any atom is -0.264 e. The molecule has 1 heterocycles. The van der Waals surface area contributed by atoms with E-state index in [2.05, 4.69) is 11.0 Å². The highest BCUT2D eigenvalue weighted by Crippen LogP contribution is 2.19. The average Bonchev–Trinajstić information content (AvgIpc) is 2.75. The van der Waals surface area contributed by atoms with Gasteiger partial charge in [0.1, 0.15) is 5.82 Å². The Labute approximate surface area is 93.7 Å². The number of hydrogen-bond acceptors (Lipinski definition) is 1. The summed E-state index contributed by atoms with van der Waals surface area (Å²) in [4.78, 5) is 0. The van der Waals surface area contributed by atoms with Crippen molar-refractivity contribution in [1.82, 2.24) is 9.78 Å². The van der Waals surface area contributed by atoms with E-state index in [9.17, 15) is 4.39 Å². The second-order valence-corrected chi connectivity index (χ2v) is 3.40. The summed E-state index contributed by atoms with van der Waals surface area (Å²) in [5, 5.41) is 4.18. The van der Waals surface area contributed by atoms with Gasteiger partial charge in [-0.15, -0.1) is 12.3 Å². The molecule has 1 aromatic carbocycles. The quantitative estimate of drug-likeness (QED) is 0.718. The van der Waals surface area contributed by atoms with Crippen LogP contribution in [0.4, 0.5) is 4.39 Å². The number of aromatic nitrogens is 2. The lowest BCUT2D eigenvalue weighted by Crippen LogP contribution is -2.01. The van der Waals surface area contributed by atoms with Crippen LogP contribution in [0.5, 0.6) is 0 Å². The summed E-state index contributed by atoms with van der Waals surface area (Å²) >= 11 is 0. The van der Waals surface area contributed by atoms with Crippen molar-refractivity contribution in [2.45, 2.75) is 13.0 Å². The van der Waals surface area contributed by atoms with Crippen LogP contribution in [0.3, 0.4) is 0 Å². The fraction of sp³-hybridized carbons (Fsp3) is 0.154. The van der Waals surface area contributed by atoms with Crippen LogP contribution in [-0.4, -0.2) is 9.78 Å². The second kappa shape index (κ2) is 4.63. The van der Waals surface area contributed by atoms with Crippen molar-refractivity contribution in [2.24, 2.45) is 0 Å². The SMILES string of the molecule is C#CCCn1nccc1-c1ccc(F)cc1. The molecular weight excluding hydrogens is 203 g/mol. The molecule has 0 aliphatic carbocycles. The number of halogens is 1. The van der Waals surface area contributed by atoms with Gasteiger partial charge in [-0.25, -0.2) is 4.39 Å². The van der Waals surface area contributed by atoms with E-state index in [-0.39, 0.29) is 5.82 Å². The van der Waals surface area contributed by atoms with Gasteiger partial charge >= 0.3 is 0 Å². The van der Waals surface area contributed by atoms with Gasteiger partial charge in [0.05, 0.1) is 12.2 Å². The van der Waals surface area contributed by atoms with E-state index in [4.69, 9.17) is 6.42 Å². The maximum absolute atomic E-state index is 12.8. The van der Waals surface area contributed by atoms with Gasteiger partial charge in [-0.3, -0.25) is 4.68 Å². The molecule has 0 saturated carbocycles. The number of hydrogen-bond donors (Lipinski definition) is 0. The topological polar surface area (TPSA) is 17.8 Å². The van der Waals surface area contributed by atoms with Gasteiger partial charge in [-0.1, -0.05) is 0 Å². The Hall–Kier alpha value is -2.08. The molecule has 0 atom stereocenters. The fourth-order valence-corrected chi connectivity index (χ4v) is 1.55. The van der Waals surface area contributed by atoms with Gasteiger partial charge in [-0.05, 0) is 35.9 Å². The first kappa shape index (κ1) is 10.4. The molecule has 0 N–H and O–H groups in total. The lowest BCUT2D eigenvalue weighted by atomic mass is 10.1. The third-order valence-electron chi connectivity index (χ3n) is 2.32. The predicted octanol–water partition coefficient (Wildman–Crippen LogP) is 2.71. The van der Waals surface area contributed by atoms with Crippen LogP contribution < -0.4 is 0 Å². The fourth-order valence-electron chi connectivity index (χ4n) is 1.55. The zero-order valence-electron chi connectivity index (χ0n) is 8.73. The summed E-state index contributed by atoms with van der Waals surface area (Å²) in [6.07, 6.45) is 7.57. The first-order valence-corrected chi connectivity index (χ1v) is 5.02. The molecule has 2 aromatic rings. The minimum absolute atomic E-state index is 0.238. The number of benzene rings is 1. The molecule has 0 bridgehead atoms. The van der Waals surface area contributed by atoms with Crippen LogP contribution >= 0.6 is 0 Å². The first-order valence-electron chi connectivity index (χ1n) is 5.02. The third kappa shape index (κ3) is 2.12. The zero-order valence-corrected chi connectivity index (χ0v) is 8.73. The number of nitrogens with zero attached hydrogens (tertiary/aromatic N) is 2. The van der Waals surface area contributed by atoms with Crippen LogP contribution in [0.25, 0.3) is 11.3 Å². The molecule has 1 aromatic heterocycles. The zero-order chi connectivity index (χ0) is 11.4. The van der Waals surface area contributed by atoms with Gasteiger partial charge in [-0.2, -0.15) is 5.10 Å². The Balaban J connectivity index is 2.30. The highest BCUT2D eigenvalue weighted by Gasteiger charge is 2.04. The molecule has 0 spiro atoms. The van der Waals surface area contributed by atoms with Crippen molar-refractivity contribution in [2.75, 3.05) is 0 Å². The number of terminal acetylenes is 1. The van der Waals surface area contributed by atoms with E-state index in [1.54, 1.807) is 18.3 Å². The molecule has 2 nitrogen and oxygen atoms in total. The molecule has 0 amide bonds.